The molecule has 20 heavy (non-hydrogen) atoms. The molecule has 0 aromatic heterocycles. The number of rotatable bonds is 6. The van der Waals surface area contributed by atoms with Crippen molar-refractivity contribution in [3.05, 3.63) is 35.4 Å². The minimum absolute atomic E-state index is 0.276. The van der Waals surface area contributed by atoms with Crippen molar-refractivity contribution in [2.75, 3.05) is 0 Å². The first-order valence-corrected chi connectivity index (χ1v) is 7.79. The zero-order valence-electron chi connectivity index (χ0n) is 14.0. The quantitative estimate of drug-likeness (QED) is 0.623. The van der Waals surface area contributed by atoms with E-state index in [1.165, 1.54) is 5.56 Å². The molecule has 1 aromatic rings. The van der Waals surface area contributed by atoms with Gasteiger partial charge in [0.05, 0.1) is 0 Å². The molecule has 0 aliphatic heterocycles. The van der Waals surface area contributed by atoms with E-state index in [0.717, 1.165) is 18.4 Å². The molecule has 0 radical (unpaired) electrons. The molecule has 0 saturated heterocycles. The molecule has 0 amide bonds. The van der Waals surface area contributed by atoms with Crippen molar-refractivity contribution >= 4 is 5.78 Å². The lowest BCUT2D eigenvalue weighted by Gasteiger charge is -2.22. The van der Waals surface area contributed by atoms with Crippen LogP contribution in [-0.4, -0.2) is 5.78 Å². The molecule has 0 fully saturated rings. The summed E-state index contributed by atoms with van der Waals surface area (Å²) in [5.74, 6) is 1.37. The van der Waals surface area contributed by atoms with Gasteiger partial charge in [-0.2, -0.15) is 0 Å². The van der Waals surface area contributed by atoms with Crippen LogP contribution < -0.4 is 0 Å². The number of ketones is 1. The summed E-state index contributed by atoms with van der Waals surface area (Å²) >= 11 is 0. The molecule has 1 rings (SSSR count). The zero-order valence-corrected chi connectivity index (χ0v) is 14.0. The minimum Gasteiger partial charge on any atom is -0.294 e. The van der Waals surface area contributed by atoms with Gasteiger partial charge < -0.3 is 0 Å². The Labute approximate surface area is 124 Å². The van der Waals surface area contributed by atoms with E-state index in [-0.39, 0.29) is 5.78 Å². The molecule has 0 spiro atoms. The average Bonchev–Trinajstić information content (AvgIpc) is 2.26. The van der Waals surface area contributed by atoms with E-state index in [0.29, 0.717) is 23.7 Å². The van der Waals surface area contributed by atoms with Crippen molar-refractivity contribution in [1.29, 1.82) is 0 Å². The fourth-order valence-electron chi connectivity index (χ4n) is 2.85. The van der Waals surface area contributed by atoms with E-state index < -0.39 is 0 Å². The van der Waals surface area contributed by atoms with E-state index in [1.807, 2.05) is 12.1 Å². The number of Topliss-reactive ketones (excluding diaryl/α,β-unsaturated/α-hetero) is 1. The van der Waals surface area contributed by atoms with Gasteiger partial charge >= 0.3 is 0 Å². The van der Waals surface area contributed by atoms with Gasteiger partial charge in [-0.1, -0.05) is 65.8 Å². The number of carbonyl (C=O) groups is 1. The molecule has 0 aliphatic rings. The van der Waals surface area contributed by atoms with Crippen LogP contribution in [0.15, 0.2) is 24.3 Å². The number of hydrogen-bond acceptors (Lipinski definition) is 1. The second-order valence-electron chi connectivity index (χ2n) is 7.79. The summed E-state index contributed by atoms with van der Waals surface area (Å²) in [6.07, 6.45) is 2.82. The Balaban J connectivity index is 2.59. The van der Waals surface area contributed by atoms with E-state index in [1.54, 1.807) is 0 Å². The topological polar surface area (TPSA) is 17.1 Å². The summed E-state index contributed by atoms with van der Waals surface area (Å²) in [6.45, 7) is 13.3. The molecule has 0 N–H and O–H groups in total. The molecule has 0 heterocycles. The lowest BCUT2D eigenvalue weighted by atomic mass is 9.83. The van der Waals surface area contributed by atoms with Crippen LogP contribution in [0.25, 0.3) is 0 Å². The average molecular weight is 274 g/mol. The van der Waals surface area contributed by atoms with Crippen molar-refractivity contribution in [2.24, 2.45) is 17.3 Å². The van der Waals surface area contributed by atoms with Gasteiger partial charge in [0.2, 0.25) is 0 Å². The Bertz CT molecular complexity index is 420. The summed E-state index contributed by atoms with van der Waals surface area (Å²) in [5.41, 5.74) is 2.47. The fraction of sp³-hybridized carbons (Fsp3) is 0.632. The van der Waals surface area contributed by atoms with Crippen LogP contribution in [0.5, 0.6) is 0 Å². The van der Waals surface area contributed by atoms with Crippen LogP contribution >= 0.6 is 0 Å². The predicted molar refractivity (Wildman–Crippen MR) is 87.2 cm³/mol. The lowest BCUT2D eigenvalue weighted by Crippen LogP contribution is -2.14. The normalized spacial score (nSPS) is 13.6. The van der Waals surface area contributed by atoms with Gasteiger partial charge in [-0.3, -0.25) is 4.79 Å². The van der Waals surface area contributed by atoms with Gasteiger partial charge in [-0.15, -0.1) is 0 Å². The van der Waals surface area contributed by atoms with E-state index in [9.17, 15) is 4.79 Å². The summed E-state index contributed by atoms with van der Waals surface area (Å²) in [4.78, 5) is 12.3. The van der Waals surface area contributed by atoms with Crippen LogP contribution in [0.1, 0.15) is 70.3 Å². The van der Waals surface area contributed by atoms with Crippen LogP contribution in [0.4, 0.5) is 0 Å². The molecule has 0 saturated carbocycles. The lowest BCUT2D eigenvalue weighted by molar-refractivity contribution is 0.0954. The van der Waals surface area contributed by atoms with Crippen LogP contribution in [0.3, 0.4) is 0 Å². The number of carbonyl (C=O) groups excluding carboxylic acids is 1. The zero-order chi connectivity index (χ0) is 15.3. The second kappa shape index (κ2) is 7.06. The Morgan fingerprint density at radius 3 is 2.05 bits per heavy atom. The molecule has 0 bridgehead atoms. The maximum absolute atomic E-state index is 12.3. The molecule has 1 nitrogen and oxygen atoms in total. The molecule has 112 valence electrons. The van der Waals surface area contributed by atoms with Gasteiger partial charge in [0, 0.05) is 12.0 Å². The Kier molecular flexibility index (Phi) is 5.98. The van der Waals surface area contributed by atoms with Gasteiger partial charge in [0.15, 0.2) is 5.78 Å². The third kappa shape index (κ3) is 6.36. The van der Waals surface area contributed by atoms with Crippen molar-refractivity contribution in [1.82, 2.24) is 0 Å². The highest BCUT2D eigenvalue weighted by molar-refractivity contribution is 5.96. The summed E-state index contributed by atoms with van der Waals surface area (Å²) < 4.78 is 0. The maximum Gasteiger partial charge on any atom is 0.163 e. The summed E-state index contributed by atoms with van der Waals surface area (Å²) in [5, 5.41) is 0. The molecular weight excluding hydrogens is 244 g/mol. The van der Waals surface area contributed by atoms with Crippen LogP contribution in [-0.2, 0) is 6.42 Å². The first kappa shape index (κ1) is 16.9. The smallest absolute Gasteiger partial charge is 0.163 e. The highest BCUT2D eigenvalue weighted by Gasteiger charge is 2.18. The third-order valence-electron chi connectivity index (χ3n) is 3.41. The van der Waals surface area contributed by atoms with Crippen LogP contribution in [0.2, 0.25) is 0 Å². The summed E-state index contributed by atoms with van der Waals surface area (Å²) in [6, 6.07) is 8.18. The number of benzene rings is 1. The maximum atomic E-state index is 12.3. The standard InChI is InChI=1S/C19H30O/c1-14(2)11-16-7-9-17(10-8-16)18(20)12-15(3)13-19(4,5)6/h7-10,14-15H,11-13H2,1-6H3. The van der Waals surface area contributed by atoms with Gasteiger partial charge in [0.1, 0.15) is 0 Å². The Morgan fingerprint density at radius 2 is 1.60 bits per heavy atom. The van der Waals surface area contributed by atoms with Gasteiger partial charge in [0.25, 0.3) is 0 Å². The summed E-state index contributed by atoms with van der Waals surface area (Å²) in [7, 11) is 0. The molecule has 1 unspecified atom stereocenters. The highest BCUT2D eigenvalue weighted by Crippen LogP contribution is 2.26. The van der Waals surface area contributed by atoms with Crippen LogP contribution in [0, 0.1) is 17.3 Å². The molecule has 0 aliphatic carbocycles. The Hall–Kier alpha value is -1.11. The first-order chi connectivity index (χ1) is 9.17. The number of hydrogen-bond donors (Lipinski definition) is 0. The monoisotopic (exact) mass is 274 g/mol. The molecule has 1 aromatic carbocycles. The predicted octanol–water partition coefficient (Wildman–Crippen LogP) is 5.53. The minimum atomic E-state index is 0.276. The first-order valence-electron chi connectivity index (χ1n) is 7.79. The largest absolute Gasteiger partial charge is 0.294 e. The third-order valence-corrected chi connectivity index (χ3v) is 3.41. The van der Waals surface area contributed by atoms with Crippen molar-refractivity contribution in [3.8, 4) is 0 Å². The van der Waals surface area contributed by atoms with E-state index in [2.05, 4.69) is 53.7 Å². The van der Waals surface area contributed by atoms with E-state index >= 15 is 0 Å². The molecule has 1 atom stereocenters. The second-order valence-corrected chi connectivity index (χ2v) is 7.79. The van der Waals surface area contributed by atoms with Crippen molar-refractivity contribution < 1.29 is 4.79 Å². The van der Waals surface area contributed by atoms with E-state index in [4.69, 9.17) is 0 Å². The Morgan fingerprint density at radius 1 is 1.05 bits per heavy atom. The van der Waals surface area contributed by atoms with Crippen molar-refractivity contribution in [3.63, 3.8) is 0 Å². The highest BCUT2D eigenvalue weighted by atomic mass is 16.1. The van der Waals surface area contributed by atoms with Gasteiger partial charge in [-0.05, 0) is 35.7 Å². The molecular formula is C19H30O. The van der Waals surface area contributed by atoms with Crippen molar-refractivity contribution in [2.45, 2.75) is 60.8 Å². The van der Waals surface area contributed by atoms with Gasteiger partial charge in [-0.25, -0.2) is 0 Å². The SMILES string of the molecule is CC(C)Cc1ccc(C(=O)CC(C)CC(C)(C)C)cc1. The fourth-order valence-corrected chi connectivity index (χ4v) is 2.85. The molecule has 1 heteroatoms.